The molecule has 1 aromatic rings. The maximum Gasteiger partial charge on any atom is 0.119 e. The smallest absolute Gasteiger partial charge is 0.119 e. The van der Waals surface area contributed by atoms with Crippen molar-refractivity contribution in [2.45, 2.75) is 39.2 Å². The molecule has 0 saturated carbocycles. The SMILES string of the molecule is CCNC1CC(C)c2ccc(OCC)cc21. The summed E-state index contributed by atoms with van der Waals surface area (Å²) in [6.07, 6.45) is 1.21. The predicted molar refractivity (Wildman–Crippen MR) is 67.1 cm³/mol. The minimum atomic E-state index is 0.510. The van der Waals surface area contributed by atoms with Crippen molar-refractivity contribution in [3.63, 3.8) is 0 Å². The molecule has 0 aliphatic heterocycles. The van der Waals surface area contributed by atoms with Crippen molar-refractivity contribution in [2.24, 2.45) is 0 Å². The first kappa shape index (κ1) is 11.5. The lowest BCUT2D eigenvalue weighted by atomic mass is 10.0. The summed E-state index contributed by atoms with van der Waals surface area (Å²) in [6.45, 7) is 8.25. The van der Waals surface area contributed by atoms with Crippen molar-refractivity contribution >= 4 is 0 Å². The van der Waals surface area contributed by atoms with E-state index in [0.29, 0.717) is 12.0 Å². The van der Waals surface area contributed by atoms with Gasteiger partial charge in [-0.05, 0) is 49.1 Å². The maximum atomic E-state index is 5.57. The standard InChI is InChI=1S/C14H21NO/c1-4-15-14-8-10(3)12-7-6-11(16-5-2)9-13(12)14/h6-7,9-10,14-15H,4-5,8H2,1-3H3. The Morgan fingerprint density at radius 2 is 2.12 bits per heavy atom. The van der Waals surface area contributed by atoms with Gasteiger partial charge in [0.2, 0.25) is 0 Å². The Morgan fingerprint density at radius 1 is 1.31 bits per heavy atom. The van der Waals surface area contributed by atoms with Gasteiger partial charge < -0.3 is 10.1 Å². The zero-order valence-electron chi connectivity index (χ0n) is 10.4. The molecule has 2 rings (SSSR count). The Kier molecular flexibility index (Phi) is 3.49. The van der Waals surface area contributed by atoms with Crippen LogP contribution in [-0.2, 0) is 0 Å². The molecule has 1 aromatic carbocycles. The average Bonchev–Trinajstić information content (AvgIpc) is 2.57. The van der Waals surface area contributed by atoms with E-state index < -0.39 is 0 Å². The second-order valence-corrected chi connectivity index (χ2v) is 4.47. The summed E-state index contributed by atoms with van der Waals surface area (Å²) in [6, 6.07) is 7.03. The molecule has 1 aliphatic rings. The lowest BCUT2D eigenvalue weighted by Crippen LogP contribution is -2.18. The van der Waals surface area contributed by atoms with Gasteiger partial charge in [-0.25, -0.2) is 0 Å². The van der Waals surface area contributed by atoms with Gasteiger partial charge in [-0.1, -0.05) is 19.9 Å². The van der Waals surface area contributed by atoms with Crippen LogP contribution in [0, 0.1) is 0 Å². The molecule has 0 amide bonds. The van der Waals surface area contributed by atoms with E-state index in [1.165, 1.54) is 17.5 Å². The quantitative estimate of drug-likeness (QED) is 0.839. The molecule has 0 spiro atoms. The number of benzene rings is 1. The van der Waals surface area contributed by atoms with E-state index in [-0.39, 0.29) is 0 Å². The number of nitrogens with one attached hydrogen (secondary N) is 1. The largest absolute Gasteiger partial charge is 0.494 e. The Bertz CT molecular complexity index is 362. The van der Waals surface area contributed by atoms with Crippen LogP contribution in [0.3, 0.4) is 0 Å². The number of ether oxygens (including phenoxy) is 1. The second-order valence-electron chi connectivity index (χ2n) is 4.47. The highest BCUT2D eigenvalue weighted by Gasteiger charge is 2.27. The number of rotatable bonds is 4. The van der Waals surface area contributed by atoms with Gasteiger partial charge in [0.15, 0.2) is 0 Å². The molecule has 1 N–H and O–H groups in total. The van der Waals surface area contributed by atoms with E-state index in [1.54, 1.807) is 0 Å². The molecule has 0 bridgehead atoms. The van der Waals surface area contributed by atoms with Crippen LogP contribution in [-0.4, -0.2) is 13.2 Å². The molecule has 2 atom stereocenters. The van der Waals surface area contributed by atoms with Crippen LogP contribution in [0.5, 0.6) is 5.75 Å². The van der Waals surface area contributed by atoms with E-state index in [1.807, 2.05) is 6.92 Å². The fraction of sp³-hybridized carbons (Fsp3) is 0.571. The molecule has 2 nitrogen and oxygen atoms in total. The van der Waals surface area contributed by atoms with Crippen LogP contribution in [0.25, 0.3) is 0 Å². The molecular formula is C14H21NO. The molecular weight excluding hydrogens is 198 g/mol. The third kappa shape index (κ3) is 2.07. The molecule has 0 aromatic heterocycles. The van der Waals surface area contributed by atoms with Gasteiger partial charge in [0, 0.05) is 6.04 Å². The lowest BCUT2D eigenvalue weighted by molar-refractivity contribution is 0.339. The average molecular weight is 219 g/mol. The summed E-state index contributed by atoms with van der Waals surface area (Å²) in [7, 11) is 0. The minimum absolute atomic E-state index is 0.510. The van der Waals surface area contributed by atoms with Gasteiger partial charge in [-0.15, -0.1) is 0 Å². The Morgan fingerprint density at radius 3 is 2.81 bits per heavy atom. The van der Waals surface area contributed by atoms with Crippen LogP contribution in [0.4, 0.5) is 0 Å². The van der Waals surface area contributed by atoms with Crippen molar-refractivity contribution in [2.75, 3.05) is 13.2 Å². The van der Waals surface area contributed by atoms with Crippen LogP contribution in [0.2, 0.25) is 0 Å². The van der Waals surface area contributed by atoms with E-state index in [0.717, 1.165) is 18.9 Å². The molecule has 16 heavy (non-hydrogen) atoms. The van der Waals surface area contributed by atoms with Crippen molar-refractivity contribution in [3.8, 4) is 5.75 Å². The first-order valence-corrected chi connectivity index (χ1v) is 6.26. The zero-order valence-corrected chi connectivity index (χ0v) is 10.4. The normalized spacial score (nSPS) is 23.2. The first-order chi connectivity index (χ1) is 7.76. The predicted octanol–water partition coefficient (Wildman–Crippen LogP) is 3.24. The third-order valence-electron chi connectivity index (χ3n) is 3.32. The van der Waals surface area contributed by atoms with Crippen molar-refractivity contribution in [1.29, 1.82) is 0 Å². The Hall–Kier alpha value is -1.02. The molecule has 0 saturated heterocycles. The van der Waals surface area contributed by atoms with Crippen molar-refractivity contribution in [1.82, 2.24) is 5.32 Å². The van der Waals surface area contributed by atoms with Gasteiger partial charge in [0.1, 0.15) is 5.75 Å². The van der Waals surface area contributed by atoms with E-state index in [9.17, 15) is 0 Å². The summed E-state index contributed by atoms with van der Waals surface area (Å²) in [5.41, 5.74) is 2.91. The summed E-state index contributed by atoms with van der Waals surface area (Å²) >= 11 is 0. The van der Waals surface area contributed by atoms with Crippen molar-refractivity contribution < 1.29 is 4.74 Å². The molecule has 1 aliphatic carbocycles. The monoisotopic (exact) mass is 219 g/mol. The van der Waals surface area contributed by atoms with Crippen LogP contribution < -0.4 is 10.1 Å². The molecule has 0 heterocycles. The summed E-state index contributed by atoms with van der Waals surface area (Å²) < 4.78 is 5.57. The summed E-state index contributed by atoms with van der Waals surface area (Å²) in [4.78, 5) is 0. The third-order valence-corrected chi connectivity index (χ3v) is 3.32. The van der Waals surface area contributed by atoms with Crippen LogP contribution in [0.15, 0.2) is 18.2 Å². The first-order valence-electron chi connectivity index (χ1n) is 6.26. The zero-order chi connectivity index (χ0) is 11.5. The molecule has 88 valence electrons. The van der Waals surface area contributed by atoms with Crippen LogP contribution in [0.1, 0.15) is 50.3 Å². The van der Waals surface area contributed by atoms with Gasteiger partial charge in [-0.2, -0.15) is 0 Å². The topological polar surface area (TPSA) is 21.3 Å². The maximum absolute atomic E-state index is 5.57. The Labute approximate surface area is 98.0 Å². The number of hydrogen-bond acceptors (Lipinski definition) is 2. The Balaban J connectivity index is 2.28. The van der Waals surface area contributed by atoms with Gasteiger partial charge in [0.05, 0.1) is 6.61 Å². The minimum Gasteiger partial charge on any atom is -0.494 e. The van der Waals surface area contributed by atoms with Gasteiger partial charge >= 0.3 is 0 Å². The number of hydrogen-bond donors (Lipinski definition) is 1. The van der Waals surface area contributed by atoms with Gasteiger partial charge in [0.25, 0.3) is 0 Å². The molecule has 2 heteroatoms. The van der Waals surface area contributed by atoms with E-state index in [4.69, 9.17) is 4.74 Å². The van der Waals surface area contributed by atoms with E-state index >= 15 is 0 Å². The fourth-order valence-electron chi connectivity index (χ4n) is 2.61. The molecule has 2 unspecified atom stereocenters. The summed E-state index contributed by atoms with van der Waals surface area (Å²) in [5, 5.41) is 3.54. The highest BCUT2D eigenvalue weighted by molar-refractivity contribution is 5.43. The fourth-order valence-corrected chi connectivity index (χ4v) is 2.61. The van der Waals surface area contributed by atoms with Gasteiger partial charge in [-0.3, -0.25) is 0 Å². The summed E-state index contributed by atoms with van der Waals surface area (Å²) in [5.74, 6) is 1.66. The highest BCUT2D eigenvalue weighted by Crippen LogP contribution is 2.41. The van der Waals surface area contributed by atoms with E-state index in [2.05, 4.69) is 37.4 Å². The lowest BCUT2D eigenvalue weighted by Gasteiger charge is -2.13. The number of fused-ring (bicyclic) bond motifs is 1. The van der Waals surface area contributed by atoms with Crippen molar-refractivity contribution in [3.05, 3.63) is 29.3 Å². The molecule has 0 fully saturated rings. The van der Waals surface area contributed by atoms with Crippen LogP contribution >= 0.6 is 0 Å². The second kappa shape index (κ2) is 4.88. The molecule has 0 radical (unpaired) electrons. The highest BCUT2D eigenvalue weighted by atomic mass is 16.5.